The maximum Gasteiger partial charge on any atom is 0.315 e. The Balaban J connectivity index is 1.54. The first-order valence-corrected chi connectivity index (χ1v) is 9.22. The van der Waals surface area contributed by atoms with E-state index in [9.17, 15) is 9.59 Å². The van der Waals surface area contributed by atoms with Gasteiger partial charge in [-0.1, -0.05) is 30.3 Å². The molecule has 142 valence electrons. The normalized spacial score (nSPS) is 17.5. The third kappa shape index (κ3) is 4.78. The van der Waals surface area contributed by atoms with E-state index in [-0.39, 0.29) is 24.0 Å². The highest BCUT2D eigenvalue weighted by atomic mass is 16.5. The first-order chi connectivity index (χ1) is 13.1. The molecule has 3 rings (SSSR count). The summed E-state index contributed by atoms with van der Waals surface area (Å²) < 4.78 is 5.43. The van der Waals surface area contributed by atoms with E-state index in [0.717, 1.165) is 17.0 Å². The van der Waals surface area contributed by atoms with E-state index in [1.807, 2.05) is 68.4 Å². The zero-order valence-corrected chi connectivity index (χ0v) is 15.6. The molecule has 0 spiro atoms. The van der Waals surface area contributed by atoms with Crippen molar-refractivity contribution in [3.63, 3.8) is 0 Å². The fraction of sp³-hybridized carbons (Fsp3) is 0.333. The van der Waals surface area contributed by atoms with Crippen molar-refractivity contribution < 1.29 is 14.3 Å². The summed E-state index contributed by atoms with van der Waals surface area (Å²) in [6.07, 6.45) is 0.292. The Morgan fingerprint density at radius 1 is 1.19 bits per heavy atom. The molecule has 1 aliphatic rings. The molecule has 0 unspecified atom stereocenters. The molecule has 1 fully saturated rings. The topological polar surface area (TPSA) is 70.7 Å². The van der Waals surface area contributed by atoms with Gasteiger partial charge in [-0.25, -0.2) is 4.79 Å². The van der Waals surface area contributed by atoms with Crippen LogP contribution in [0.3, 0.4) is 0 Å². The van der Waals surface area contributed by atoms with Crippen LogP contribution in [0, 0.1) is 0 Å². The van der Waals surface area contributed by atoms with Gasteiger partial charge in [0.2, 0.25) is 5.91 Å². The highest BCUT2D eigenvalue weighted by Gasteiger charge is 2.31. The van der Waals surface area contributed by atoms with Gasteiger partial charge in [0, 0.05) is 18.7 Å². The summed E-state index contributed by atoms with van der Waals surface area (Å²) in [5.74, 6) is 0.775. The Morgan fingerprint density at radius 2 is 1.89 bits per heavy atom. The predicted molar refractivity (Wildman–Crippen MR) is 105 cm³/mol. The molecule has 2 N–H and O–H groups in total. The van der Waals surface area contributed by atoms with Crippen LogP contribution < -0.4 is 20.3 Å². The quantitative estimate of drug-likeness (QED) is 0.823. The van der Waals surface area contributed by atoms with Gasteiger partial charge in [-0.2, -0.15) is 0 Å². The lowest BCUT2D eigenvalue weighted by atomic mass is 10.1. The largest absolute Gasteiger partial charge is 0.494 e. The Hall–Kier alpha value is -3.02. The number of hydrogen-bond acceptors (Lipinski definition) is 3. The van der Waals surface area contributed by atoms with Crippen molar-refractivity contribution in [2.75, 3.05) is 18.1 Å². The van der Waals surface area contributed by atoms with Crippen molar-refractivity contribution in [2.45, 2.75) is 32.4 Å². The monoisotopic (exact) mass is 367 g/mol. The summed E-state index contributed by atoms with van der Waals surface area (Å²) in [6, 6.07) is 16.6. The number of benzene rings is 2. The lowest BCUT2D eigenvalue weighted by Crippen LogP contribution is -2.44. The standard InChI is InChI=1S/C21H25N3O3/c1-3-27-19-11-9-18(10-12-19)24-14-17(13-20(24)25)23-21(26)22-15(2)16-7-5-4-6-8-16/h4-12,15,17H,3,13-14H2,1-2H3,(H2,22,23,26)/t15-,17-/m1/s1. The van der Waals surface area contributed by atoms with Gasteiger partial charge in [0.05, 0.1) is 18.7 Å². The van der Waals surface area contributed by atoms with Gasteiger partial charge < -0.3 is 20.3 Å². The molecule has 0 bridgehead atoms. The lowest BCUT2D eigenvalue weighted by Gasteiger charge is -2.19. The molecule has 6 nitrogen and oxygen atoms in total. The summed E-state index contributed by atoms with van der Waals surface area (Å²) in [4.78, 5) is 26.3. The molecule has 1 heterocycles. The number of carbonyl (C=O) groups excluding carboxylic acids is 2. The molecule has 1 saturated heterocycles. The average Bonchev–Trinajstić information content (AvgIpc) is 3.03. The van der Waals surface area contributed by atoms with Gasteiger partial charge in [0.15, 0.2) is 0 Å². The summed E-state index contributed by atoms with van der Waals surface area (Å²) >= 11 is 0. The zero-order chi connectivity index (χ0) is 19.2. The van der Waals surface area contributed by atoms with E-state index >= 15 is 0 Å². The number of anilines is 1. The number of rotatable bonds is 6. The van der Waals surface area contributed by atoms with Crippen LogP contribution in [0.4, 0.5) is 10.5 Å². The van der Waals surface area contributed by atoms with E-state index in [0.29, 0.717) is 19.6 Å². The number of nitrogens with zero attached hydrogens (tertiary/aromatic N) is 1. The molecular weight excluding hydrogens is 342 g/mol. The molecular formula is C21H25N3O3. The number of ether oxygens (including phenoxy) is 1. The summed E-state index contributed by atoms with van der Waals surface area (Å²) in [6.45, 7) is 4.92. The van der Waals surface area contributed by atoms with Crippen molar-refractivity contribution in [1.82, 2.24) is 10.6 Å². The van der Waals surface area contributed by atoms with Gasteiger partial charge in [-0.05, 0) is 43.7 Å². The Kier molecular flexibility index (Phi) is 5.96. The first-order valence-electron chi connectivity index (χ1n) is 9.22. The Morgan fingerprint density at radius 3 is 2.56 bits per heavy atom. The van der Waals surface area contributed by atoms with Gasteiger partial charge in [-0.15, -0.1) is 0 Å². The molecule has 1 aliphatic heterocycles. The van der Waals surface area contributed by atoms with E-state index < -0.39 is 0 Å². The fourth-order valence-corrected chi connectivity index (χ4v) is 3.19. The minimum atomic E-state index is -0.266. The van der Waals surface area contributed by atoms with Crippen molar-refractivity contribution in [1.29, 1.82) is 0 Å². The van der Waals surface area contributed by atoms with Crippen LogP contribution in [0.5, 0.6) is 5.75 Å². The molecule has 6 heteroatoms. The second-order valence-corrected chi connectivity index (χ2v) is 6.58. The van der Waals surface area contributed by atoms with Crippen LogP contribution in [-0.4, -0.2) is 31.1 Å². The van der Waals surface area contributed by atoms with E-state index in [1.54, 1.807) is 4.90 Å². The second kappa shape index (κ2) is 8.58. The molecule has 0 aromatic heterocycles. The van der Waals surface area contributed by atoms with Gasteiger partial charge in [0.1, 0.15) is 5.75 Å². The third-order valence-corrected chi connectivity index (χ3v) is 4.57. The molecule has 2 atom stereocenters. The van der Waals surface area contributed by atoms with Crippen molar-refractivity contribution in [3.8, 4) is 5.75 Å². The lowest BCUT2D eigenvalue weighted by molar-refractivity contribution is -0.117. The molecule has 0 aliphatic carbocycles. The van der Waals surface area contributed by atoms with Crippen LogP contribution in [0.15, 0.2) is 54.6 Å². The van der Waals surface area contributed by atoms with Crippen LogP contribution in [-0.2, 0) is 4.79 Å². The van der Waals surface area contributed by atoms with Gasteiger partial charge in [0.25, 0.3) is 0 Å². The molecule has 3 amide bonds. The second-order valence-electron chi connectivity index (χ2n) is 6.58. The van der Waals surface area contributed by atoms with Crippen LogP contribution in [0.2, 0.25) is 0 Å². The maximum absolute atomic E-state index is 12.3. The SMILES string of the molecule is CCOc1ccc(N2C[C@H](NC(=O)N[C@H](C)c3ccccc3)CC2=O)cc1. The maximum atomic E-state index is 12.3. The van der Waals surface area contributed by atoms with E-state index in [2.05, 4.69) is 10.6 Å². The minimum Gasteiger partial charge on any atom is -0.494 e. The van der Waals surface area contributed by atoms with E-state index in [4.69, 9.17) is 4.74 Å². The number of amides is 3. The summed E-state index contributed by atoms with van der Waals surface area (Å²) in [5.41, 5.74) is 1.84. The molecule has 0 saturated carbocycles. The van der Waals surface area contributed by atoms with Crippen molar-refractivity contribution in [3.05, 3.63) is 60.2 Å². The number of hydrogen-bond donors (Lipinski definition) is 2. The number of carbonyl (C=O) groups is 2. The Labute approximate surface area is 159 Å². The third-order valence-electron chi connectivity index (χ3n) is 4.57. The van der Waals surface area contributed by atoms with Crippen molar-refractivity contribution in [2.24, 2.45) is 0 Å². The number of nitrogens with one attached hydrogen (secondary N) is 2. The van der Waals surface area contributed by atoms with Gasteiger partial charge in [-0.3, -0.25) is 4.79 Å². The average molecular weight is 367 g/mol. The van der Waals surface area contributed by atoms with Crippen molar-refractivity contribution >= 4 is 17.6 Å². The summed E-state index contributed by atoms with van der Waals surface area (Å²) in [7, 11) is 0. The minimum absolute atomic E-state index is 0.000526. The Bertz CT molecular complexity index is 777. The predicted octanol–water partition coefficient (Wildman–Crippen LogP) is 3.25. The summed E-state index contributed by atoms with van der Waals surface area (Å²) in [5, 5.41) is 5.82. The van der Waals surface area contributed by atoms with E-state index in [1.165, 1.54) is 0 Å². The molecule has 2 aromatic carbocycles. The van der Waals surface area contributed by atoms with Gasteiger partial charge >= 0.3 is 6.03 Å². The molecule has 27 heavy (non-hydrogen) atoms. The van der Waals surface area contributed by atoms with Crippen LogP contribution in [0.25, 0.3) is 0 Å². The first kappa shape index (κ1) is 18.8. The zero-order valence-electron chi connectivity index (χ0n) is 15.6. The molecule has 0 radical (unpaired) electrons. The highest BCUT2D eigenvalue weighted by Crippen LogP contribution is 2.24. The van der Waals surface area contributed by atoms with Crippen LogP contribution >= 0.6 is 0 Å². The highest BCUT2D eigenvalue weighted by molar-refractivity contribution is 5.96. The number of urea groups is 1. The fourth-order valence-electron chi connectivity index (χ4n) is 3.19. The molecule has 2 aromatic rings. The van der Waals surface area contributed by atoms with Crippen LogP contribution in [0.1, 0.15) is 31.9 Å². The smallest absolute Gasteiger partial charge is 0.315 e.